The van der Waals surface area contributed by atoms with E-state index in [-0.39, 0.29) is 11.4 Å². The van der Waals surface area contributed by atoms with E-state index < -0.39 is 0 Å². The van der Waals surface area contributed by atoms with Crippen molar-refractivity contribution >= 4 is 5.97 Å². The molecule has 92 valence electrons. The Morgan fingerprint density at radius 2 is 2.25 bits per heavy atom. The van der Waals surface area contributed by atoms with Gasteiger partial charge in [-0.25, -0.2) is 0 Å². The third-order valence-corrected chi connectivity index (χ3v) is 3.34. The molecule has 0 spiro atoms. The SMILES string of the molecule is CCCC(=O)OCC1=CCC(C)CC1(C)C. The van der Waals surface area contributed by atoms with Crippen LogP contribution in [0, 0.1) is 11.3 Å². The topological polar surface area (TPSA) is 26.3 Å². The first-order chi connectivity index (χ1) is 7.45. The molecule has 0 saturated heterocycles. The van der Waals surface area contributed by atoms with Gasteiger partial charge in [-0.1, -0.05) is 33.8 Å². The number of carbonyl (C=O) groups excluding carboxylic acids is 1. The minimum absolute atomic E-state index is 0.0715. The average molecular weight is 224 g/mol. The highest BCUT2D eigenvalue weighted by atomic mass is 16.5. The second-order valence-corrected chi connectivity index (χ2v) is 5.57. The van der Waals surface area contributed by atoms with Gasteiger partial charge in [-0.05, 0) is 36.2 Å². The van der Waals surface area contributed by atoms with E-state index in [0.29, 0.717) is 13.0 Å². The van der Waals surface area contributed by atoms with Crippen molar-refractivity contribution in [2.24, 2.45) is 11.3 Å². The van der Waals surface area contributed by atoms with Gasteiger partial charge in [-0.2, -0.15) is 0 Å². The maximum atomic E-state index is 11.3. The Hall–Kier alpha value is -0.790. The van der Waals surface area contributed by atoms with Crippen LogP contribution in [0.1, 0.15) is 53.4 Å². The smallest absolute Gasteiger partial charge is 0.306 e. The number of hydrogen-bond donors (Lipinski definition) is 0. The van der Waals surface area contributed by atoms with Crippen LogP contribution in [0.5, 0.6) is 0 Å². The molecule has 0 aromatic carbocycles. The van der Waals surface area contributed by atoms with Gasteiger partial charge in [0.05, 0.1) is 0 Å². The summed E-state index contributed by atoms with van der Waals surface area (Å²) >= 11 is 0. The van der Waals surface area contributed by atoms with Crippen LogP contribution in [0.3, 0.4) is 0 Å². The molecule has 0 aromatic rings. The van der Waals surface area contributed by atoms with Crippen molar-refractivity contribution in [3.8, 4) is 0 Å². The summed E-state index contributed by atoms with van der Waals surface area (Å²) in [6, 6.07) is 0. The van der Waals surface area contributed by atoms with Crippen molar-refractivity contribution in [2.45, 2.75) is 53.4 Å². The van der Waals surface area contributed by atoms with Crippen LogP contribution in [0.4, 0.5) is 0 Å². The molecule has 0 N–H and O–H groups in total. The Balaban J connectivity index is 2.50. The highest BCUT2D eigenvalue weighted by Gasteiger charge is 2.29. The highest BCUT2D eigenvalue weighted by Crippen LogP contribution is 2.39. The van der Waals surface area contributed by atoms with Gasteiger partial charge in [0.15, 0.2) is 0 Å². The minimum Gasteiger partial charge on any atom is -0.461 e. The number of carbonyl (C=O) groups is 1. The van der Waals surface area contributed by atoms with Gasteiger partial charge in [0, 0.05) is 6.42 Å². The summed E-state index contributed by atoms with van der Waals surface area (Å²) in [7, 11) is 0. The summed E-state index contributed by atoms with van der Waals surface area (Å²) < 4.78 is 5.29. The van der Waals surface area contributed by atoms with E-state index in [1.165, 1.54) is 12.0 Å². The van der Waals surface area contributed by atoms with Gasteiger partial charge >= 0.3 is 5.97 Å². The first kappa shape index (κ1) is 13.3. The Kier molecular flexibility index (Phi) is 4.57. The molecule has 0 radical (unpaired) electrons. The maximum Gasteiger partial charge on any atom is 0.306 e. The molecule has 0 bridgehead atoms. The fourth-order valence-corrected chi connectivity index (χ4v) is 2.39. The van der Waals surface area contributed by atoms with Crippen LogP contribution in [0.25, 0.3) is 0 Å². The predicted molar refractivity (Wildman–Crippen MR) is 66.1 cm³/mol. The Morgan fingerprint density at radius 1 is 1.56 bits per heavy atom. The van der Waals surface area contributed by atoms with Crippen molar-refractivity contribution in [3.63, 3.8) is 0 Å². The predicted octanol–water partition coefficient (Wildman–Crippen LogP) is 3.71. The summed E-state index contributed by atoms with van der Waals surface area (Å²) in [5.41, 5.74) is 1.47. The molecule has 16 heavy (non-hydrogen) atoms. The molecule has 0 aliphatic heterocycles. The van der Waals surface area contributed by atoms with E-state index in [1.54, 1.807) is 0 Å². The highest BCUT2D eigenvalue weighted by molar-refractivity contribution is 5.69. The van der Waals surface area contributed by atoms with Gasteiger partial charge in [0.1, 0.15) is 6.61 Å². The zero-order chi connectivity index (χ0) is 12.2. The first-order valence-electron chi connectivity index (χ1n) is 6.31. The lowest BCUT2D eigenvalue weighted by atomic mass is 9.72. The molecule has 1 unspecified atom stereocenters. The summed E-state index contributed by atoms with van der Waals surface area (Å²) in [5.74, 6) is 0.669. The zero-order valence-corrected chi connectivity index (χ0v) is 11.0. The van der Waals surface area contributed by atoms with Gasteiger partial charge < -0.3 is 4.74 Å². The number of allylic oxidation sites excluding steroid dienone is 1. The maximum absolute atomic E-state index is 11.3. The van der Waals surface area contributed by atoms with E-state index in [0.717, 1.165) is 18.8 Å². The average Bonchev–Trinajstić information content (AvgIpc) is 2.15. The Labute approximate surface area is 99.1 Å². The monoisotopic (exact) mass is 224 g/mol. The van der Waals surface area contributed by atoms with Gasteiger partial charge in [-0.15, -0.1) is 0 Å². The van der Waals surface area contributed by atoms with Crippen molar-refractivity contribution in [2.75, 3.05) is 6.61 Å². The first-order valence-corrected chi connectivity index (χ1v) is 6.31. The lowest BCUT2D eigenvalue weighted by Gasteiger charge is -2.34. The summed E-state index contributed by atoms with van der Waals surface area (Å²) in [4.78, 5) is 11.3. The minimum atomic E-state index is -0.0715. The van der Waals surface area contributed by atoms with Gasteiger partial charge in [-0.3, -0.25) is 4.79 Å². The third-order valence-electron chi connectivity index (χ3n) is 3.34. The quantitative estimate of drug-likeness (QED) is 0.537. The number of esters is 1. The number of rotatable bonds is 4. The fourth-order valence-electron chi connectivity index (χ4n) is 2.39. The largest absolute Gasteiger partial charge is 0.461 e. The van der Waals surface area contributed by atoms with E-state index in [4.69, 9.17) is 4.74 Å². The molecule has 1 aliphatic carbocycles. The van der Waals surface area contributed by atoms with E-state index in [2.05, 4.69) is 26.8 Å². The lowest BCUT2D eigenvalue weighted by Crippen LogP contribution is -2.26. The molecule has 1 rings (SSSR count). The Bertz CT molecular complexity index is 276. The fraction of sp³-hybridized carbons (Fsp3) is 0.786. The molecule has 0 heterocycles. The second kappa shape index (κ2) is 5.51. The molecular weight excluding hydrogens is 200 g/mol. The number of hydrogen-bond acceptors (Lipinski definition) is 2. The molecular formula is C14H24O2. The van der Waals surface area contributed by atoms with Gasteiger partial charge in [0.2, 0.25) is 0 Å². The second-order valence-electron chi connectivity index (χ2n) is 5.57. The van der Waals surface area contributed by atoms with Crippen LogP contribution in [0.15, 0.2) is 11.6 Å². The lowest BCUT2D eigenvalue weighted by molar-refractivity contribution is -0.143. The van der Waals surface area contributed by atoms with E-state index >= 15 is 0 Å². The van der Waals surface area contributed by atoms with Crippen molar-refractivity contribution in [1.82, 2.24) is 0 Å². The molecule has 0 fully saturated rings. The third kappa shape index (κ3) is 3.66. The summed E-state index contributed by atoms with van der Waals surface area (Å²) in [6.45, 7) is 9.23. The molecule has 0 amide bonds. The molecule has 2 nitrogen and oxygen atoms in total. The van der Waals surface area contributed by atoms with Crippen LogP contribution in [0.2, 0.25) is 0 Å². The molecule has 1 aliphatic rings. The molecule has 1 atom stereocenters. The van der Waals surface area contributed by atoms with Crippen LogP contribution < -0.4 is 0 Å². The van der Waals surface area contributed by atoms with Crippen molar-refractivity contribution in [3.05, 3.63) is 11.6 Å². The van der Waals surface area contributed by atoms with E-state index in [1.807, 2.05) is 6.92 Å². The normalized spacial score (nSPS) is 23.8. The van der Waals surface area contributed by atoms with Crippen LogP contribution in [-0.4, -0.2) is 12.6 Å². The Morgan fingerprint density at radius 3 is 2.81 bits per heavy atom. The number of ether oxygens (including phenoxy) is 1. The molecule has 0 saturated carbocycles. The van der Waals surface area contributed by atoms with Crippen molar-refractivity contribution < 1.29 is 9.53 Å². The van der Waals surface area contributed by atoms with Crippen LogP contribution in [-0.2, 0) is 9.53 Å². The van der Waals surface area contributed by atoms with Crippen LogP contribution >= 0.6 is 0 Å². The molecule has 0 aromatic heterocycles. The summed E-state index contributed by atoms with van der Waals surface area (Å²) in [6.07, 6.45) is 5.95. The van der Waals surface area contributed by atoms with Crippen molar-refractivity contribution in [1.29, 1.82) is 0 Å². The molecule has 2 heteroatoms. The van der Waals surface area contributed by atoms with E-state index in [9.17, 15) is 4.79 Å². The summed E-state index contributed by atoms with van der Waals surface area (Å²) in [5, 5.41) is 0. The zero-order valence-electron chi connectivity index (χ0n) is 11.0. The van der Waals surface area contributed by atoms with Gasteiger partial charge in [0.25, 0.3) is 0 Å². The standard InChI is InChI=1S/C14H24O2/c1-5-6-13(15)16-10-12-8-7-11(2)9-14(12,3)4/h8,11H,5-7,9-10H2,1-4H3.